The van der Waals surface area contributed by atoms with E-state index in [0.717, 1.165) is 31.2 Å². The lowest BCUT2D eigenvalue weighted by atomic mass is 10.0. The normalized spacial score (nSPS) is 19.5. The molecule has 3 heterocycles. The fourth-order valence-corrected chi connectivity index (χ4v) is 5.38. The summed E-state index contributed by atoms with van der Waals surface area (Å²) in [7, 11) is 0. The van der Waals surface area contributed by atoms with Gasteiger partial charge in [-0.3, -0.25) is 4.79 Å². The number of para-hydroxylation sites is 1. The molecule has 2 aromatic rings. The predicted octanol–water partition coefficient (Wildman–Crippen LogP) is 3.99. The highest BCUT2D eigenvalue weighted by atomic mass is 32.1. The summed E-state index contributed by atoms with van der Waals surface area (Å²) < 4.78 is 25.7. The maximum absolute atomic E-state index is 14.1. The van der Waals surface area contributed by atoms with Crippen molar-refractivity contribution in [2.45, 2.75) is 44.8 Å². The number of nitrogens with zero attached hydrogens (tertiary/aromatic N) is 2. The number of carbonyl (C=O) groups is 2. The molecule has 2 atom stereocenters. The Labute approximate surface area is 203 Å². The van der Waals surface area contributed by atoms with Crippen LogP contribution in [0.4, 0.5) is 9.18 Å². The fraction of sp³-hybridized carbons (Fsp3) is 0.520. The molecule has 9 heteroatoms. The molecule has 2 aliphatic rings. The van der Waals surface area contributed by atoms with Crippen molar-refractivity contribution in [2.24, 2.45) is 0 Å². The molecule has 1 N–H and O–H groups in total. The van der Waals surface area contributed by atoms with Crippen LogP contribution in [0.1, 0.15) is 42.7 Å². The lowest BCUT2D eigenvalue weighted by molar-refractivity contribution is -0.135. The van der Waals surface area contributed by atoms with Crippen molar-refractivity contribution < 1.29 is 23.5 Å². The first-order valence-corrected chi connectivity index (χ1v) is 12.8. The number of urea groups is 1. The summed E-state index contributed by atoms with van der Waals surface area (Å²) in [6.45, 7) is 4.25. The van der Waals surface area contributed by atoms with Crippen molar-refractivity contribution in [3.63, 3.8) is 0 Å². The average molecular weight is 490 g/mol. The van der Waals surface area contributed by atoms with Gasteiger partial charge in [-0.05, 0) is 54.8 Å². The molecule has 4 rings (SSSR count). The number of amides is 3. The lowest BCUT2D eigenvalue weighted by Crippen LogP contribution is -2.51. The average Bonchev–Trinajstić information content (AvgIpc) is 3.53. The van der Waals surface area contributed by atoms with Crippen LogP contribution < -0.4 is 10.1 Å². The van der Waals surface area contributed by atoms with Gasteiger partial charge in [-0.15, -0.1) is 11.3 Å². The first-order chi connectivity index (χ1) is 16.6. The number of ether oxygens (including phenoxy) is 2. The predicted molar refractivity (Wildman–Crippen MR) is 129 cm³/mol. The number of carbonyl (C=O) groups excluding carboxylic acids is 2. The van der Waals surface area contributed by atoms with E-state index in [-0.39, 0.29) is 43.0 Å². The van der Waals surface area contributed by atoms with Gasteiger partial charge < -0.3 is 24.6 Å². The van der Waals surface area contributed by atoms with Gasteiger partial charge in [0, 0.05) is 31.1 Å². The summed E-state index contributed by atoms with van der Waals surface area (Å²) in [5, 5.41) is 4.90. The Morgan fingerprint density at radius 1 is 1.32 bits per heavy atom. The number of hydrogen-bond donors (Lipinski definition) is 1. The van der Waals surface area contributed by atoms with Crippen LogP contribution in [0, 0.1) is 5.82 Å². The SMILES string of the molecule is CCCNC(=O)N(CC(=O)N1CCc2sccc2C1COc1ccccc1F)CC1CCCO1. The summed E-state index contributed by atoms with van der Waals surface area (Å²) in [4.78, 5) is 30.9. The van der Waals surface area contributed by atoms with E-state index in [2.05, 4.69) is 5.32 Å². The molecule has 2 unspecified atom stereocenters. The van der Waals surface area contributed by atoms with Crippen LogP contribution in [0.5, 0.6) is 5.75 Å². The van der Waals surface area contributed by atoms with E-state index in [0.29, 0.717) is 26.2 Å². The number of thiophene rings is 1. The summed E-state index contributed by atoms with van der Waals surface area (Å²) in [5.41, 5.74) is 1.03. The molecule has 1 aromatic carbocycles. The highest BCUT2D eigenvalue weighted by Gasteiger charge is 2.34. The summed E-state index contributed by atoms with van der Waals surface area (Å²) in [6, 6.07) is 7.68. The molecule has 1 fully saturated rings. The Hall–Kier alpha value is -2.65. The van der Waals surface area contributed by atoms with Crippen molar-refractivity contribution in [3.8, 4) is 5.75 Å². The first kappa shape index (κ1) is 24.5. The fourth-order valence-electron chi connectivity index (χ4n) is 4.46. The third-order valence-corrected chi connectivity index (χ3v) is 7.23. The number of halogens is 1. The van der Waals surface area contributed by atoms with E-state index in [1.54, 1.807) is 39.3 Å². The van der Waals surface area contributed by atoms with Gasteiger partial charge in [0.05, 0.1) is 12.1 Å². The van der Waals surface area contributed by atoms with Crippen LogP contribution in [0.25, 0.3) is 0 Å². The largest absolute Gasteiger partial charge is 0.488 e. The molecule has 0 saturated carbocycles. The van der Waals surface area contributed by atoms with E-state index < -0.39 is 5.82 Å². The van der Waals surface area contributed by atoms with Crippen LogP contribution in [-0.4, -0.2) is 67.2 Å². The Kier molecular flexibility index (Phi) is 8.39. The third-order valence-electron chi connectivity index (χ3n) is 6.24. The number of nitrogens with one attached hydrogen (secondary N) is 1. The minimum absolute atomic E-state index is 0.0366. The highest BCUT2D eigenvalue weighted by molar-refractivity contribution is 7.10. The molecular formula is C25H32FN3O4S. The van der Waals surface area contributed by atoms with Gasteiger partial charge in [0.15, 0.2) is 11.6 Å². The maximum atomic E-state index is 14.1. The van der Waals surface area contributed by atoms with E-state index in [1.807, 2.05) is 18.4 Å². The standard InChI is InChI=1S/C25H32FN3O4S/c1-2-11-27-25(31)28(15-18-6-5-13-32-18)16-24(30)29-12-9-23-19(10-14-34-23)21(29)17-33-22-8-4-3-7-20(22)26/h3-4,7-8,10,14,18,21H,2,5-6,9,11-13,15-17H2,1H3,(H,27,31). The number of hydrogen-bond acceptors (Lipinski definition) is 5. The van der Waals surface area contributed by atoms with Crippen molar-refractivity contribution in [1.82, 2.24) is 15.1 Å². The molecule has 1 saturated heterocycles. The van der Waals surface area contributed by atoms with Crippen molar-refractivity contribution in [2.75, 3.05) is 39.4 Å². The molecule has 2 aliphatic heterocycles. The van der Waals surface area contributed by atoms with Crippen molar-refractivity contribution in [1.29, 1.82) is 0 Å². The van der Waals surface area contributed by atoms with Gasteiger partial charge in [-0.1, -0.05) is 19.1 Å². The molecule has 0 bridgehead atoms. The van der Waals surface area contributed by atoms with Gasteiger partial charge in [-0.2, -0.15) is 0 Å². The number of rotatable bonds is 9. The Bertz CT molecular complexity index is 979. The number of fused-ring (bicyclic) bond motifs is 1. The molecule has 3 amide bonds. The second-order valence-electron chi connectivity index (χ2n) is 8.64. The zero-order valence-electron chi connectivity index (χ0n) is 19.5. The highest BCUT2D eigenvalue weighted by Crippen LogP contribution is 2.34. The van der Waals surface area contributed by atoms with Gasteiger partial charge in [-0.25, -0.2) is 9.18 Å². The van der Waals surface area contributed by atoms with Crippen LogP contribution in [0.15, 0.2) is 35.7 Å². The minimum Gasteiger partial charge on any atom is -0.488 e. The van der Waals surface area contributed by atoms with Crippen LogP contribution in [0.3, 0.4) is 0 Å². The van der Waals surface area contributed by atoms with Gasteiger partial charge >= 0.3 is 6.03 Å². The summed E-state index contributed by atoms with van der Waals surface area (Å²) >= 11 is 1.66. The van der Waals surface area contributed by atoms with Crippen LogP contribution >= 0.6 is 11.3 Å². The quantitative estimate of drug-likeness (QED) is 0.578. The topological polar surface area (TPSA) is 71.1 Å². The summed E-state index contributed by atoms with van der Waals surface area (Å²) in [5.74, 6) is -0.420. The van der Waals surface area contributed by atoms with Gasteiger partial charge in [0.25, 0.3) is 0 Å². The molecule has 0 radical (unpaired) electrons. The Morgan fingerprint density at radius 3 is 2.94 bits per heavy atom. The second-order valence-corrected chi connectivity index (χ2v) is 9.64. The summed E-state index contributed by atoms with van der Waals surface area (Å²) in [6.07, 6.45) is 3.36. The van der Waals surface area contributed by atoms with Gasteiger partial charge in [0.1, 0.15) is 13.2 Å². The van der Waals surface area contributed by atoms with Crippen molar-refractivity contribution >= 4 is 23.3 Å². The molecule has 184 valence electrons. The van der Waals surface area contributed by atoms with Crippen LogP contribution in [0.2, 0.25) is 0 Å². The smallest absolute Gasteiger partial charge is 0.317 e. The minimum atomic E-state index is -0.433. The van der Waals surface area contributed by atoms with E-state index in [9.17, 15) is 14.0 Å². The Balaban J connectivity index is 1.48. The van der Waals surface area contributed by atoms with Crippen LogP contribution in [-0.2, 0) is 16.0 Å². The monoisotopic (exact) mass is 489 g/mol. The molecule has 0 spiro atoms. The second kappa shape index (κ2) is 11.7. The van der Waals surface area contributed by atoms with Gasteiger partial charge in [0.2, 0.25) is 5.91 Å². The number of benzene rings is 1. The molecule has 1 aromatic heterocycles. The molecule has 0 aliphatic carbocycles. The van der Waals surface area contributed by atoms with E-state index >= 15 is 0 Å². The first-order valence-electron chi connectivity index (χ1n) is 11.9. The van der Waals surface area contributed by atoms with E-state index in [4.69, 9.17) is 9.47 Å². The van der Waals surface area contributed by atoms with Crippen molar-refractivity contribution in [3.05, 3.63) is 52.0 Å². The Morgan fingerprint density at radius 2 is 2.18 bits per heavy atom. The maximum Gasteiger partial charge on any atom is 0.317 e. The zero-order chi connectivity index (χ0) is 23.9. The zero-order valence-corrected chi connectivity index (χ0v) is 20.3. The third kappa shape index (κ3) is 5.88. The lowest BCUT2D eigenvalue weighted by Gasteiger charge is -2.37. The molecule has 7 nitrogen and oxygen atoms in total. The molecular weight excluding hydrogens is 457 g/mol. The molecule has 34 heavy (non-hydrogen) atoms. The van der Waals surface area contributed by atoms with E-state index in [1.165, 1.54) is 10.9 Å².